The van der Waals surface area contributed by atoms with Crippen molar-refractivity contribution >= 4 is 21.8 Å². The molecule has 0 N–H and O–H groups in total. The molecule has 0 bridgehead atoms. The molecule has 1 amide bonds. The van der Waals surface area contributed by atoms with Gasteiger partial charge >= 0.3 is 0 Å². The molecular formula is C15H12BrFN2O2. The van der Waals surface area contributed by atoms with E-state index in [1.54, 1.807) is 23.2 Å². The number of amides is 1. The van der Waals surface area contributed by atoms with Crippen LogP contribution in [0.4, 0.5) is 4.39 Å². The van der Waals surface area contributed by atoms with Gasteiger partial charge in [-0.1, -0.05) is 22.0 Å². The fourth-order valence-corrected chi connectivity index (χ4v) is 2.83. The standard InChI is InChI=1S/C15H12BrFN2O2/c1-21-13-6-10(16)5-12(17)11(13)8-19-7-9-3-2-4-18-14(9)15(19)20/h2-6H,7-8H2,1H3. The first-order valence-corrected chi connectivity index (χ1v) is 7.14. The van der Waals surface area contributed by atoms with Crippen LogP contribution in [-0.4, -0.2) is 22.9 Å². The van der Waals surface area contributed by atoms with E-state index in [1.807, 2.05) is 6.07 Å². The van der Waals surface area contributed by atoms with Gasteiger partial charge in [-0.25, -0.2) is 4.39 Å². The molecule has 1 aliphatic heterocycles. The van der Waals surface area contributed by atoms with Crippen molar-refractivity contribution in [2.24, 2.45) is 0 Å². The number of carbonyl (C=O) groups excluding carboxylic acids is 1. The molecule has 1 aromatic heterocycles. The highest BCUT2D eigenvalue weighted by atomic mass is 79.9. The number of carbonyl (C=O) groups is 1. The first-order chi connectivity index (χ1) is 10.1. The molecule has 21 heavy (non-hydrogen) atoms. The summed E-state index contributed by atoms with van der Waals surface area (Å²) in [5.41, 5.74) is 1.66. The Morgan fingerprint density at radius 3 is 3.00 bits per heavy atom. The second kappa shape index (κ2) is 5.44. The van der Waals surface area contributed by atoms with E-state index in [4.69, 9.17) is 4.74 Å². The lowest BCUT2D eigenvalue weighted by molar-refractivity contribution is 0.0760. The number of ether oxygens (including phenoxy) is 1. The molecule has 1 aromatic carbocycles. The Hall–Kier alpha value is -1.95. The number of aromatic nitrogens is 1. The van der Waals surface area contributed by atoms with Crippen LogP contribution in [0.25, 0.3) is 0 Å². The zero-order chi connectivity index (χ0) is 15.0. The lowest BCUT2D eigenvalue weighted by Crippen LogP contribution is -2.24. The minimum atomic E-state index is -0.405. The molecule has 2 aromatic rings. The Balaban J connectivity index is 1.91. The van der Waals surface area contributed by atoms with Gasteiger partial charge in [0.05, 0.1) is 13.7 Å². The maximum absolute atomic E-state index is 14.1. The third-order valence-electron chi connectivity index (χ3n) is 3.43. The molecule has 0 saturated carbocycles. The Kier molecular flexibility index (Phi) is 3.63. The molecule has 6 heteroatoms. The van der Waals surface area contributed by atoms with E-state index < -0.39 is 5.82 Å². The maximum atomic E-state index is 14.1. The fraction of sp³-hybridized carbons (Fsp3) is 0.200. The van der Waals surface area contributed by atoms with Gasteiger partial charge in [-0.05, 0) is 18.2 Å². The van der Waals surface area contributed by atoms with E-state index in [-0.39, 0.29) is 12.5 Å². The smallest absolute Gasteiger partial charge is 0.273 e. The zero-order valence-corrected chi connectivity index (χ0v) is 12.9. The maximum Gasteiger partial charge on any atom is 0.273 e. The van der Waals surface area contributed by atoms with Crippen molar-refractivity contribution in [1.82, 2.24) is 9.88 Å². The van der Waals surface area contributed by atoms with Crippen LogP contribution in [0.3, 0.4) is 0 Å². The van der Waals surface area contributed by atoms with Crippen molar-refractivity contribution < 1.29 is 13.9 Å². The highest BCUT2D eigenvalue weighted by Gasteiger charge is 2.29. The first kappa shape index (κ1) is 14.0. The number of fused-ring (bicyclic) bond motifs is 1. The summed E-state index contributed by atoms with van der Waals surface area (Å²) in [6.07, 6.45) is 1.58. The van der Waals surface area contributed by atoms with Gasteiger partial charge in [-0.15, -0.1) is 0 Å². The molecule has 108 valence electrons. The number of hydrogen-bond acceptors (Lipinski definition) is 3. The summed E-state index contributed by atoms with van der Waals surface area (Å²) in [5, 5.41) is 0. The highest BCUT2D eigenvalue weighted by Crippen LogP contribution is 2.30. The van der Waals surface area contributed by atoms with E-state index in [9.17, 15) is 9.18 Å². The van der Waals surface area contributed by atoms with Crippen LogP contribution in [0.15, 0.2) is 34.9 Å². The van der Waals surface area contributed by atoms with Crippen LogP contribution in [0, 0.1) is 5.82 Å². The van der Waals surface area contributed by atoms with Crippen molar-refractivity contribution in [2.45, 2.75) is 13.1 Å². The minimum Gasteiger partial charge on any atom is -0.496 e. The second-order valence-electron chi connectivity index (χ2n) is 4.74. The van der Waals surface area contributed by atoms with Gasteiger partial charge in [0.2, 0.25) is 0 Å². The van der Waals surface area contributed by atoms with Crippen molar-refractivity contribution in [2.75, 3.05) is 7.11 Å². The molecule has 2 heterocycles. The predicted molar refractivity (Wildman–Crippen MR) is 78.5 cm³/mol. The third-order valence-corrected chi connectivity index (χ3v) is 3.89. The second-order valence-corrected chi connectivity index (χ2v) is 5.66. The van der Waals surface area contributed by atoms with Gasteiger partial charge < -0.3 is 9.64 Å². The van der Waals surface area contributed by atoms with Crippen LogP contribution in [0.2, 0.25) is 0 Å². The van der Waals surface area contributed by atoms with Crippen molar-refractivity contribution in [3.63, 3.8) is 0 Å². The van der Waals surface area contributed by atoms with Gasteiger partial charge in [0, 0.05) is 28.3 Å². The Morgan fingerprint density at radius 2 is 2.29 bits per heavy atom. The molecule has 0 aliphatic carbocycles. The Bertz CT molecular complexity index is 721. The summed E-state index contributed by atoms with van der Waals surface area (Å²) in [4.78, 5) is 17.9. The van der Waals surface area contributed by atoms with Gasteiger partial charge in [-0.3, -0.25) is 9.78 Å². The average molecular weight is 351 g/mol. The molecule has 0 fully saturated rings. The zero-order valence-electron chi connectivity index (χ0n) is 11.3. The van der Waals surface area contributed by atoms with Crippen LogP contribution in [-0.2, 0) is 13.1 Å². The lowest BCUT2D eigenvalue weighted by atomic mass is 10.1. The van der Waals surface area contributed by atoms with Crippen LogP contribution >= 0.6 is 15.9 Å². The quantitative estimate of drug-likeness (QED) is 0.853. The number of pyridine rings is 1. The Labute approximate surface area is 129 Å². The monoisotopic (exact) mass is 350 g/mol. The SMILES string of the molecule is COc1cc(Br)cc(F)c1CN1Cc2cccnc2C1=O. The molecule has 1 aliphatic rings. The summed E-state index contributed by atoms with van der Waals surface area (Å²) in [6, 6.07) is 6.69. The van der Waals surface area contributed by atoms with Crippen molar-refractivity contribution in [3.05, 3.63) is 57.6 Å². The van der Waals surface area contributed by atoms with E-state index in [0.29, 0.717) is 28.0 Å². The van der Waals surface area contributed by atoms with Gasteiger partial charge in [-0.2, -0.15) is 0 Å². The summed E-state index contributed by atoms with van der Waals surface area (Å²) < 4.78 is 19.9. The summed E-state index contributed by atoms with van der Waals surface area (Å²) in [5.74, 6) is -0.175. The van der Waals surface area contributed by atoms with E-state index in [2.05, 4.69) is 20.9 Å². The summed E-state index contributed by atoms with van der Waals surface area (Å²) in [7, 11) is 1.48. The predicted octanol–water partition coefficient (Wildman–Crippen LogP) is 3.15. The topological polar surface area (TPSA) is 42.4 Å². The molecule has 4 nitrogen and oxygen atoms in total. The fourth-order valence-electron chi connectivity index (χ4n) is 2.42. The van der Waals surface area contributed by atoms with Crippen LogP contribution in [0.5, 0.6) is 5.75 Å². The van der Waals surface area contributed by atoms with E-state index in [0.717, 1.165) is 5.56 Å². The van der Waals surface area contributed by atoms with Crippen molar-refractivity contribution in [1.29, 1.82) is 0 Å². The number of benzene rings is 1. The molecule has 0 radical (unpaired) electrons. The third kappa shape index (κ3) is 2.51. The molecule has 3 rings (SSSR count). The van der Waals surface area contributed by atoms with Gasteiger partial charge in [0.1, 0.15) is 17.3 Å². The molecule has 0 saturated heterocycles. The number of methoxy groups -OCH3 is 1. The van der Waals surface area contributed by atoms with Crippen molar-refractivity contribution in [3.8, 4) is 5.75 Å². The van der Waals surface area contributed by atoms with E-state index in [1.165, 1.54) is 13.2 Å². The van der Waals surface area contributed by atoms with E-state index >= 15 is 0 Å². The largest absolute Gasteiger partial charge is 0.496 e. The van der Waals surface area contributed by atoms with Gasteiger partial charge in [0.15, 0.2) is 0 Å². The number of halogens is 2. The van der Waals surface area contributed by atoms with Gasteiger partial charge in [0.25, 0.3) is 5.91 Å². The summed E-state index contributed by atoms with van der Waals surface area (Å²) >= 11 is 3.23. The van der Waals surface area contributed by atoms with Crippen LogP contribution in [0.1, 0.15) is 21.6 Å². The van der Waals surface area contributed by atoms with Crippen LogP contribution < -0.4 is 4.74 Å². The first-order valence-electron chi connectivity index (χ1n) is 6.35. The number of rotatable bonds is 3. The highest BCUT2D eigenvalue weighted by molar-refractivity contribution is 9.10. The molecule has 0 unspecified atom stereocenters. The Morgan fingerprint density at radius 1 is 1.48 bits per heavy atom. The molecule has 0 atom stereocenters. The lowest BCUT2D eigenvalue weighted by Gasteiger charge is -2.18. The average Bonchev–Trinajstić information content (AvgIpc) is 2.78. The molecule has 0 spiro atoms. The molecular weight excluding hydrogens is 339 g/mol. The number of hydrogen-bond donors (Lipinski definition) is 0. The number of nitrogens with zero attached hydrogens (tertiary/aromatic N) is 2. The normalized spacial score (nSPS) is 13.5. The minimum absolute atomic E-state index is 0.150. The summed E-state index contributed by atoms with van der Waals surface area (Å²) in [6.45, 7) is 0.581.